The van der Waals surface area contributed by atoms with Gasteiger partial charge >= 0.3 is 0 Å². The van der Waals surface area contributed by atoms with Crippen LogP contribution in [0.2, 0.25) is 5.02 Å². The zero-order chi connectivity index (χ0) is 20.1. The van der Waals surface area contributed by atoms with E-state index in [-0.39, 0.29) is 17.8 Å². The number of benzene rings is 1. The SMILES string of the molecule is CCn1c(SCC(=O)Nc2nncs2)nnc1C(C)Oc1ccc(Cl)c(C)c1. The largest absolute Gasteiger partial charge is 0.483 e. The minimum absolute atomic E-state index is 0.171. The molecule has 2 heterocycles. The Bertz CT molecular complexity index is 947. The molecule has 1 unspecified atom stereocenters. The number of carbonyl (C=O) groups is 1. The second-order valence-electron chi connectivity index (χ2n) is 5.84. The maximum absolute atomic E-state index is 12.0. The van der Waals surface area contributed by atoms with Crippen LogP contribution in [0.1, 0.15) is 31.3 Å². The standard InChI is InChI=1S/C17H19ClN6O2S2/c1-4-24-15(11(3)26-12-5-6-13(18)10(2)7-12)21-23-17(24)27-8-14(25)20-16-22-19-9-28-16/h5-7,9,11H,4,8H2,1-3H3,(H,20,22,25). The van der Waals surface area contributed by atoms with Gasteiger partial charge in [-0.2, -0.15) is 0 Å². The summed E-state index contributed by atoms with van der Waals surface area (Å²) in [5.41, 5.74) is 2.51. The summed E-state index contributed by atoms with van der Waals surface area (Å²) in [5.74, 6) is 1.44. The maximum Gasteiger partial charge on any atom is 0.236 e. The van der Waals surface area contributed by atoms with Gasteiger partial charge in [-0.05, 0) is 44.5 Å². The van der Waals surface area contributed by atoms with Crippen LogP contribution < -0.4 is 10.1 Å². The molecule has 1 N–H and O–H groups in total. The molecule has 0 bridgehead atoms. The van der Waals surface area contributed by atoms with Gasteiger partial charge in [-0.1, -0.05) is 34.7 Å². The number of nitrogens with zero attached hydrogens (tertiary/aromatic N) is 5. The fraction of sp³-hybridized carbons (Fsp3) is 0.353. The van der Waals surface area contributed by atoms with Crippen molar-refractivity contribution in [1.82, 2.24) is 25.0 Å². The summed E-state index contributed by atoms with van der Waals surface area (Å²) >= 11 is 8.65. The molecule has 1 aromatic carbocycles. The van der Waals surface area contributed by atoms with Crippen LogP contribution in [0.25, 0.3) is 0 Å². The predicted octanol–water partition coefficient (Wildman–Crippen LogP) is 3.98. The highest BCUT2D eigenvalue weighted by Crippen LogP contribution is 2.27. The van der Waals surface area contributed by atoms with Gasteiger partial charge in [-0.3, -0.25) is 10.1 Å². The number of aromatic nitrogens is 5. The number of rotatable bonds is 8. The zero-order valence-corrected chi connectivity index (χ0v) is 17.9. The van der Waals surface area contributed by atoms with E-state index in [9.17, 15) is 4.79 Å². The van der Waals surface area contributed by atoms with Crippen LogP contribution in [-0.2, 0) is 11.3 Å². The molecular weight excluding hydrogens is 420 g/mol. The molecule has 0 saturated heterocycles. The number of carbonyl (C=O) groups excluding carboxylic acids is 1. The van der Waals surface area contributed by atoms with Crippen molar-refractivity contribution < 1.29 is 9.53 Å². The van der Waals surface area contributed by atoms with Crippen molar-refractivity contribution in [1.29, 1.82) is 0 Å². The average molecular weight is 439 g/mol. The van der Waals surface area contributed by atoms with Crippen molar-refractivity contribution in [2.24, 2.45) is 0 Å². The van der Waals surface area contributed by atoms with Gasteiger partial charge in [0.05, 0.1) is 5.75 Å². The van der Waals surface area contributed by atoms with E-state index in [1.807, 2.05) is 37.5 Å². The first kappa shape index (κ1) is 20.6. The van der Waals surface area contributed by atoms with Gasteiger partial charge in [0.25, 0.3) is 0 Å². The van der Waals surface area contributed by atoms with Crippen LogP contribution in [0.3, 0.4) is 0 Å². The first-order valence-electron chi connectivity index (χ1n) is 8.52. The molecule has 0 aliphatic rings. The lowest BCUT2D eigenvalue weighted by atomic mass is 10.2. The Labute approximate surface area is 175 Å². The van der Waals surface area contributed by atoms with Crippen molar-refractivity contribution in [2.75, 3.05) is 11.1 Å². The van der Waals surface area contributed by atoms with Gasteiger partial charge in [0.15, 0.2) is 17.1 Å². The number of nitrogens with one attached hydrogen (secondary N) is 1. The minimum atomic E-state index is -0.308. The molecule has 11 heteroatoms. The minimum Gasteiger partial charge on any atom is -0.483 e. The van der Waals surface area contributed by atoms with E-state index >= 15 is 0 Å². The molecule has 0 fully saturated rings. The Morgan fingerprint density at radius 3 is 2.89 bits per heavy atom. The molecule has 0 aliphatic carbocycles. The van der Waals surface area contributed by atoms with Crippen LogP contribution in [0.15, 0.2) is 28.9 Å². The Morgan fingerprint density at radius 2 is 2.21 bits per heavy atom. The van der Waals surface area contributed by atoms with Crippen molar-refractivity contribution in [3.8, 4) is 5.75 Å². The van der Waals surface area contributed by atoms with Crippen molar-refractivity contribution >= 4 is 45.7 Å². The molecule has 1 atom stereocenters. The van der Waals surface area contributed by atoms with Gasteiger partial charge in [0.1, 0.15) is 11.3 Å². The Hall–Kier alpha value is -2.17. The fourth-order valence-electron chi connectivity index (χ4n) is 2.47. The van der Waals surface area contributed by atoms with Crippen LogP contribution >= 0.6 is 34.7 Å². The van der Waals surface area contributed by atoms with Gasteiger partial charge in [0.2, 0.25) is 11.0 Å². The first-order valence-corrected chi connectivity index (χ1v) is 10.8. The smallest absolute Gasteiger partial charge is 0.236 e. The fourth-order valence-corrected chi connectivity index (χ4v) is 3.85. The number of hydrogen-bond donors (Lipinski definition) is 1. The molecule has 0 radical (unpaired) electrons. The molecule has 1 amide bonds. The van der Waals surface area contributed by atoms with Crippen molar-refractivity contribution in [3.63, 3.8) is 0 Å². The summed E-state index contributed by atoms with van der Waals surface area (Å²) in [6, 6.07) is 5.52. The zero-order valence-electron chi connectivity index (χ0n) is 15.5. The molecule has 148 valence electrons. The molecule has 28 heavy (non-hydrogen) atoms. The normalized spacial score (nSPS) is 12.0. The number of halogens is 1. The second-order valence-corrected chi connectivity index (χ2v) is 8.02. The topological polar surface area (TPSA) is 94.8 Å². The number of hydrogen-bond acceptors (Lipinski definition) is 8. The third-order valence-electron chi connectivity index (χ3n) is 3.81. The van der Waals surface area contributed by atoms with Crippen LogP contribution in [0.5, 0.6) is 5.75 Å². The summed E-state index contributed by atoms with van der Waals surface area (Å²) in [6.45, 7) is 6.50. The van der Waals surface area contributed by atoms with E-state index in [4.69, 9.17) is 16.3 Å². The van der Waals surface area contributed by atoms with E-state index in [1.54, 1.807) is 11.6 Å². The maximum atomic E-state index is 12.0. The van der Waals surface area contributed by atoms with Crippen LogP contribution in [0.4, 0.5) is 5.13 Å². The Balaban J connectivity index is 1.65. The number of amides is 1. The molecule has 0 saturated carbocycles. The summed E-state index contributed by atoms with van der Waals surface area (Å²) in [5, 5.41) is 20.5. The molecule has 3 aromatic rings. The van der Waals surface area contributed by atoms with Gasteiger partial charge < -0.3 is 9.30 Å². The highest BCUT2D eigenvalue weighted by atomic mass is 35.5. The number of aryl methyl sites for hydroxylation is 1. The molecule has 8 nitrogen and oxygen atoms in total. The number of ether oxygens (including phenoxy) is 1. The number of anilines is 1. The molecule has 0 spiro atoms. The van der Waals surface area contributed by atoms with E-state index < -0.39 is 0 Å². The predicted molar refractivity (Wildman–Crippen MR) is 110 cm³/mol. The van der Waals surface area contributed by atoms with E-state index in [0.29, 0.717) is 33.4 Å². The Morgan fingerprint density at radius 1 is 1.39 bits per heavy atom. The average Bonchev–Trinajstić information content (AvgIpc) is 3.32. The first-order chi connectivity index (χ1) is 13.5. The lowest BCUT2D eigenvalue weighted by Gasteiger charge is -2.16. The lowest BCUT2D eigenvalue weighted by molar-refractivity contribution is -0.113. The van der Waals surface area contributed by atoms with Gasteiger partial charge in [-0.15, -0.1) is 20.4 Å². The number of thioether (sulfide) groups is 1. The summed E-state index contributed by atoms with van der Waals surface area (Å²) in [7, 11) is 0. The van der Waals surface area contributed by atoms with E-state index in [2.05, 4.69) is 25.7 Å². The quantitative estimate of drug-likeness (QED) is 0.531. The van der Waals surface area contributed by atoms with Crippen LogP contribution in [-0.4, -0.2) is 36.6 Å². The molecular formula is C17H19ClN6O2S2. The summed E-state index contributed by atoms with van der Waals surface area (Å²) in [6.07, 6.45) is -0.308. The monoisotopic (exact) mass is 438 g/mol. The molecule has 2 aromatic heterocycles. The van der Waals surface area contributed by atoms with Gasteiger partial charge in [0, 0.05) is 11.6 Å². The van der Waals surface area contributed by atoms with Gasteiger partial charge in [-0.25, -0.2) is 0 Å². The third-order valence-corrected chi connectivity index (χ3v) is 5.80. The summed E-state index contributed by atoms with van der Waals surface area (Å²) in [4.78, 5) is 12.0. The van der Waals surface area contributed by atoms with E-state index in [1.165, 1.54) is 23.1 Å². The molecule has 0 aliphatic heterocycles. The highest BCUT2D eigenvalue weighted by Gasteiger charge is 2.20. The highest BCUT2D eigenvalue weighted by molar-refractivity contribution is 7.99. The Kier molecular flexibility index (Phi) is 6.87. The van der Waals surface area contributed by atoms with Crippen molar-refractivity contribution in [2.45, 2.75) is 38.6 Å². The lowest BCUT2D eigenvalue weighted by Crippen LogP contribution is -2.15. The van der Waals surface area contributed by atoms with Crippen molar-refractivity contribution in [3.05, 3.63) is 40.1 Å². The van der Waals surface area contributed by atoms with E-state index in [0.717, 1.165) is 5.56 Å². The third kappa shape index (κ3) is 5.00. The van der Waals surface area contributed by atoms with Crippen LogP contribution in [0, 0.1) is 6.92 Å². The molecule has 3 rings (SSSR count). The second kappa shape index (κ2) is 9.35. The summed E-state index contributed by atoms with van der Waals surface area (Å²) < 4.78 is 7.94.